The van der Waals surface area contributed by atoms with Crippen LogP contribution >= 0.6 is 0 Å². The number of aryl methyl sites for hydroxylation is 1. The molecule has 2 aromatic heterocycles. The van der Waals surface area contributed by atoms with E-state index in [0.717, 1.165) is 11.1 Å². The van der Waals surface area contributed by atoms with Gasteiger partial charge in [0, 0.05) is 22.9 Å². The van der Waals surface area contributed by atoms with Gasteiger partial charge in [-0.3, -0.25) is 0 Å². The maximum Gasteiger partial charge on any atom is 0.358 e. The Morgan fingerprint density at radius 2 is 1.82 bits per heavy atom. The highest BCUT2D eigenvalue weighted by atomic mass is 16.6. The number of rotatable bonds is 8. The van der Waals surface area contributed by atoms with Gasteiger partial charge >= 0.3 is 11.9 Å². The molecule has 0 aliphatic heterocycles. The number of nitrogens with zero attached hydrogens (tertiary/aromatic N) is 3. The van der Waals surface area contributed by atoms with E-state index in [4.69, 9.17) is 14.2 Å². The summed E-state index contributed by atoms with van der Waals surface area (Å²) in [5, 5.41) is 4.51. The summed E-state index contributed by atoms with van der Waals surface area (Å²) < 4.78 is 18.3. The molecule has 0 bridgehead atoms. The summed E-state index contributed by atoms with van der Waals surface area (Å²) in [5.74, 6) is -1.08. The number of esters is 2. The molecule has 180 valence electrons. The largest absolute Gasteiger partial charge is 0.464 e. The van der Waals surface area contributed by atoms with Crippen molar-refractivity contribution in [3.63, 3.8) is 0 Å². The highest BCUT2D eigenvalue weighted by Crippen LogP contribution is 2.37. The van der Waals surface area contributed by atoms with Crippen molar-refractivity contribution in [2.24, 2.45) is 0 Å². The molecule has 34 heavy (non-hydrogen) atoms. The molecular weight excluding hydrogens is 434 g/mol. The van der Waals surface area contributed by atoms with Gasteiger partial charge in [-0.1, -0.05) is 36.9 Å². The standard InChI is InChI=1S/C26H31N3O5/c1-8-17-13-11-12-14-18(17)22-21(23(25(31)33-10-3)34-26(5,6)7)16(4)27-20-15-19(28-29(20)22)24(30)32-9-2/h8,11-15,23H,1,9-10H2,2-7H3. The van der Waals surface area contributed by atoms with Gasteiger partial charge in [0.2, 0.25) is 0 Å². The molecule has 0 radical (unpaired) electrons. The van der Waals surface area contributed by atoms with Crippen LogP contribution in [-0.4, -0.2) is 45.4 Å². The lowest BCUT2D eigenvalue weighted by Crippen LogP contribution is -2.30. The number of ether oxygens (including phenoxy) is 3. The summed E-state index contributed by atoms with van der Waals surface area (Å²) in [6.45, 7) is 15.2. The number of hydrogen-bond acceptors (Lipinski definition) is 7. The van der Waals surface area contributed by atoms with Crippen molar-refractivity contribution in [3.8, 4) is 11.3 Å². The van der Waals surface area contributed by atoms with E-state index in [1.165, 1.54) is 0 Å². The smallest absolute Gasteiger partial charge is 0.358 e. The Hall–Kier alpha value is -3.52. The van der Waals surface area contributed by atoms with Crippen LogP contribution in [0.5, 0.6) is 0 Å². The van der Waals surface area contributed by atoms with Gasteiger partial charge in [-0.05, 0) is 47.1 Å². The maximum absolute atomic E-state index is 13.1. The zero-order chi connectivity index (χ0) is 25.0. The highest BCUT2D eigenvalue weighted by Gasteiger charge is 2.34. The molecule has 0 saturated heterocycles. The lowest BCUT2D eigenvalue weighted by molar-refractivity contribution is -0.166. The zero-order valence-electron chi connectivity index (χ0n) is 20.5. The van der Waals surface area contributed by atoms with Crippen LogP contribution in [0.1, 0.15) is 68.0 Å². The summed E-state index contributed by atoms with van der Waals surface area (Å²) in [4.78, 5) is 30.2. The number of hydrogen-bond donors (Lipinski definition) is 0. The Kier molecular flexibility index (Phi) is 7.51. The molecule has 0 amide bonds. The Labute approximate surface area is 199 Å². The Morgan fingerprint density at radius 3 is 2.44 bits per heavy atom. The first-order valence-corrected chi connectivity index (χ1v) is 11.2. The molecule has 3 rings (SSSR count). The first-order chi connectivity index (χ1) is 16.1. The van der Waals surface area contributed by atoms with Crippen LogP contribution in [0.4, 0.5) is 0 Å². The van der Waals surface area contributed by atoms with Crippen molar-refractivity contribution in [3.05, 3.63) is 59.4 Å². The topological polar surface area (TPSA) is 92.0 Å². The van der Waals surface area contributed by atoms with Gasteiger partial charge in [-0.2, -0.15) is 5.10 Å². The minimum absolute atomic E-state index is 0.118. The van der Waals surface area contributed by atoms with E-state index in [0.29, 0.717) is 22.6 Å². The third kappa shape index (κ3) is 5.17. The van der Waals surface area contributed by atoms with Gasteiger partial charge in [0.1, 0.15) is 0 Å². The van der Waals surface area contributed by atoms with E-state index in [9.17, 15) is 9.59 Å². The molecule has 2 heterocycles. The van der Waals surface area contributed by atoms with E-state index in [1.807, 2.05) is 45.0 Å². The van der Waals surface area contributed by atoms with Crippen LogP contribution in [0.15, 0.2) is 36.9 Å². The van der Waals surface area contributed by atoms with Gasteiger partial charge in [-0.25, -0.2) is 19.1 Å². The molecule has 1 atom stereocenters. The lowest BCUT2D eigenvalue weighted by Gasteiger charge is -2.29. The fourth-order valence-electron chi connectivity index (χ4n) is 3.70. The monoisotopic (exact) mass is 465 g/mol. The van der Waals surface area contributed by atoms with Crippen molar-refractivity contribution < 1.29 is 23.8 Å². The molecule has 3 aromatic rings. The minimum Gasteiger partial charge on any atom is -0.464 e. The number of fused-ring (bicyclic) bond motifs is 1. The second-order valence-corrected chi connectivity index (χ2v) is 8.63. The molecule has 0 N–H and O–H groups in total. The predicted octanol–water partition coefficient (Wildman–Crippen LogP) is 4.94. The van der Waals surface area contributed by atoms with Crippen molar-refractivity contribution in [2.75, 3.05) is 13.2 Å². The molecule has 1 unspecified atom stereocenters. The van der Waals surface area contributed by atoms with E-state index < -0.39 is 23.6 Å². The fraction of sp³-hybridized carbons (Fsp3) is 0.385. The number of carbonyl (C=O) groups excluding carboxylic acids is 2. The van der Waals surface area contributed by atoms with Crippen LogP contribution in [0.2, 0.25) is 0 Å². The van der Waals surface area contributed by atoms with Gasteiger partial charge in [0.15, 0.2) is 17.4 Å². The van der Waals surface area contributed by atoms with Crippen LogP contribution in [0, 0.1) is 6.92 Å². The average Bonchev–Trinajstić information content (AvgIpc) is 3.20. The Bertz CT molecular complexity index is 1220. The van der Waals surface area contributed by atoms with E-state index in [1.54, 1.807) is 37.4 Å². The highest BCUT2D eigenvalue weighted by molar-refractivity contribution is 5.89. The number of carbonyl (C=O) groups is 2. The summed E-state index contributed by atoms with van der Waals surface area (Å²) in [5.41, 5.74) is 3.11. The molecule has 1 aromatic carbocycles. The van der Waals surface area contributed by atoms with Gasteiger partial charge in [-0.15, -0.1) is 0 Å². The molecule has 0 aliphatic rings. The molecule has 0 saturated carbocycles. The van der Waals surface area contributed by atoms with Crippen LogP contribution < -0.4 is 0 Å². The molecule has 0 spiro atoms. The SMILES string of the molecule is C=Cc1ccccc1-c1c(C(OC(C)(C)C)C(=O)OCC)c(C)nc2cc(C(=O)OCC)nn12. The van der Waals surface area contributed by atoms with Crippen molar-refractivity contribution in [1.82, 2.24) is 14.6 Å². The van der Waals surface area contributed by atoms with Crippen LogP contribution in [0.25, 0.3) is 23.0 Å². The summed E-state index contributed by atoms with van der Waals surface area (Å²) >= 11 is 0. The quantitative estimate of drug-likeness (QED) is 0.435. The molecular formula is C26H31N3O5. The van der Waals surface area contributed by atoms with E-state index >= 15 is 0 Å². The normalized spacial score (nSPS) is 12.4. The Balaban J connectivity index is 2.42. The molecule has 8 nitrogen and oxygen atoms in total. The third-order valence-corrected chi connectivity index (χ3v) is 4.98. The first-order valence-electron chi connectivity index (χ1n) is 11.2. The van der Waals surface area contributed by atoms with E-state index in [2.05, 4.69) is 16.7 Å². The second kappa shape index (κ2) is 10.2. The summed E-state index contributed by atoms with van der Waals surface area (Å²) in [7, 11) is 0. The van der Waals surface area contributed by atoms with Crippen molar-refractivity contribution in [2.45, 2.75) is 53.2 Å². The predicted molar refractivity (Wildman–Crippen MR) is 129 cm³/mol. The zero-order valence-corrected chi connectivity index (χ0v) is 20.5. The molecule has 8 heteroatoms. The lowest BCUT2D eigenvalue weighted by atomic mass is 9.95. The third-order valence-electron chi connectivity index (χ3n) is 4.98. The number of aromatic nitrogens is 3. The van der Waals surface area contributed by atoms with Crippen molar-refractivity contribution >= 4 is 23.7 Å². The van der Waals surface area contributed by atoms with Gasteiger partial charge in [0.05, 0.1) is 24.5 Å². The van der Waals surface area contributed by atoms with Crippen LogP contribution in [-0.2, 0) is 19.0 Å². The molecule has 0 aliphatic carbocycles. The number of benzene rings is 1. The fourth-order valence-corrected chi connectivity index (χ4v) is 3.70. The maximum atomic E-state index is 13.1. The molecule has 0 fully saturated rings. The minimum atomic E-state index is -1.07. The van der Waals surface area contributed by atoms with Gasteiger partial charge in [0.25, 0.3) is 0 Å². The Morgan fingerprint density at radius 1 is 1.15 bits per heavy atom. The summed E-state index contributed by atoms with van der Waals surface area (Å²) in [6.07, 6.45) is 0.653. The average molecular weight is 466 g/mol. The van der Waals surface area contributed by atoms with Crippen molar-refractivity contribution in [1.29, 1.82) is 0 Å². The van der Waals surface area contributed by atoms with E-state index in [-0.39, 0.29) is 18.9 Å². The van der Waals surface area contributed by atoms with Gasteiger partial charge < -0.3 is 14.2 Å². The first kappa shape index (κ1) is 25.1. The summed E-state index contributed by atoms with van der Waals surface area (Å²) in [6, 6.07) is 9.16. The van der Waals surface area contributed by atoms with Crippen LogP contribution in [0.3, 0.4) is 0 Å². The second-order valence-electron chi connectivity index (χ2n) is 8.63.